The fraction of sp³-hybridized carbons (Fsp3) is 0.364. The molecule has 0 heterocycles. The van der Waals surface area contributed by atoms with E-state index in [9.17, 15) is 18.0 Å². The van der Waals surface area contributed by atoms with Crippen LogP contribution < -0.4 is 4.74 Å². The first-order valence-electron chi connectivity index (χ1n) is 4.87. The maximum atomic E-state index is 12.2. The van der Waals surface area contributed by atoms with Gasteiger partial charge in [0.25, 0.3) is 0 Å². The summed E-state index contributed by atoms with van der Waals surface area (Å²) >= 11 is 0. The monoisotopic (exact) mass is 248 g/mol. The highest BCUT2D eigenvalue weighted by atomic mass is 19.4. The summed E-state index contributed by atoms with van der Waals surface area (Å²) in [6.07, 6.45) is -4.84. The van der Waals surface area contributed by atoms with Crippen LogP contribution >= 0.6 is 0 Å². The third-order valence-corrected chi connectivity index (χ3v) is 1.93. The topological polar surface area (TPSA) is 35.5 Å². The van der Waals surface area contributed by atoms with Gasteiger partial charge in [-0.25, -0.2) is 4.79 Å². The van der Waals surface area contributed by atoms with Crippen molar-refractivity contribution in [2.75, 3.05) is 6.61 Å². The Hall–Kier alpha value is -1.72. The molecule has 1 rings (SSSR count). The summed E-state index contributed by atoms with van der Waals surface area (Å²) in [6, 6.07) is 4.11. The SMILES string of the molecule is CCOC(=O)c1cccc(C)c1OC(F)(F)F. The molecule has 0 aromatic heterocycles. The minimum Gasteiger partial charge on any atom is -0.462 e. The Morgan fingerprint density at radius 2 is 2.00 bits per heavy atom. The number of alkyl halides is 3. The van der Waals surface area contributed by atoms with Gasteiger partial charge in [0.05, 0.1) is 6.61 Å². The smallest absolute Gasteiger partial charge is 0.462 e. The molecular formula is C11H11F3O3. The maximum Gasteiger partial charge on any atom is 0.573 e. The molecule has 0 fully saturated rings. The number of esters is 1. The van der Waals surface area contributed by atoms with E-state index in [0.29, 0.717) is 0 Å². The second kappa shape index (κ2) is 5.07. The highest BCUT2D eigenvalue weighted by molar-refractivity contribution is 5.93. The fourth-order valence-corrected chi connectivity index (χ4v) is 1.27. The number of aryl methyl sites for hydroxylation is 1. The van der Waals surface area contributed by atoms with Crippen LogP contribution in [0.5, 0.6) is 5.75 Å². The van der Waals surface area contributed by atoms with E-state index in [2.05, 4.69) is 9.47 Å². The lowest BCUT2D eigenvalue weighted by molar-refractivity contribution is -0.275. The van der Waals surface area contributed by atoms with E-state index in [4.69, 9.17) is 0 Å². The van der Waals surface area contributed by atoms with Crippen molar-refractivity contribution in [2.24, 2.45) is 0 Å². The van der Waals surface area contributed by atoms with E-state index in [1.165, 1.54) is 25.1 Å². The molecule has 0 aliphatic heterocycles. The Labute approximate surface area is 96.1 Å². The quantitative estimate of drug-likeness (QED) is 0.771. The third kappa shape index (κ3) is 3.65. The zero-order valence-electron chi connectivity index (χ0n) is 9.30. The van der Waals surface area contributed by atoms with Gasteiger partial charge in [-0.2, -0.15) is 0 Å². The van der Waals surface area contributed by atoms with Crippen LogP contribution in [0.4, 0.5) is 13.2 Å². The second-order valence-electron chi connectivity index (χ2n) is 3.22. The van der Waals surface area contributed by atoms with Gasteiger partial charge < -0.3 is 9.47 Å². The predicted octanol–water partition coefficient (Wildman–Crippen LogP) is 3.07. The Morgan fingerprint density at radius 1 is 1.35 bits per heavy atom. The standard InChI is InChI=1S/C11H11F3O3/c1-3-16-10(15)8-6-4-5-7(2)9(8)17-11(12,13)14/h4-6H,3H2,1-2H3. The van der Waals surface area contributed by atoms with E-state index in [-0.39, 0.29) is 17.7 Å². The molecule has 6 heteroatoms. The van der Waals surface area contributed by atoms with Crippen molar-refractivity contribution in [3.05, 3.63) is 29.3 Å². The maximum absolute atomic E-state index is 12.2. The molecule has 1 aromatic rings. The van der Waals surface area contributed by atoms with Crippen LogP contribution in [0.15, 0.2) is 18.2 Å². The van der Waals surface area contributed by atoms with Crippen LogP contribution in [0.3, 0.4) is 0 Å². The molecule has 17 heavy (non-hydrogen) atoms. The van der Waals surface area contributed by atoms with Crippen molar-refractivity contribution in [1.82, 2.24) is 0 Å². The number of benzene rings is 1. The Kier molecular flexibility index (Phi) is 3.98. The summed E-state index contributed by atoms with van der Waals surface area (Å²) in [7, 11) is 0. The van der Waals surface area contributed by atoms with Gasteiger partial charge in [-0.1, -0.05) is 12.1 Å². The van der Waals surface area contributed by atoms with Crippen LogP contribution in [-0.2, 0) is 4.74 Å². The van der Waals surface area contributed by atoms with Gasteiger partial charge in [-0.15, -0.1) is 13.2 Å². The minimum absolute atomic E-state index is 0.0816. The van der Waals surface area contributed by atoms with Gasteiger partial charge in [0, 0.05) is 0 Å². The molecule has 0 bridgehead atoms. The summed E-state index contributed by atoms with van der Waals surface area (Å²) in [5.74, 6) is -1.35. The zero-order valence-corrected chi connectivity index (χ0v) is 9.30. The van der Waals surface area contributed by atoms with Crippen LogP contribution in [-0.4, -0.2) is 18.9 Å². The lowest BCUT2D eigenvalue weighted by atomic mass is 10.1. The van der Waals surface area contributed by atoms with Gasteiger partial charge in [0.2, 0.25) is 0 Å². The predicted molar refractivity (Wildman–Crippen MR) is 53.8 cm³/mol. The average Bonchev–Trinajstić information content (AvgIpc) is 2.19. The van der Waals surface area contributed by atoms with Gasteiger partial charge in [-0.05, 0) is 25.5 Å². The number of para-hydroxylation sites is 1. The Bertz CT molecular complexity index is 413. The van der Waals surface area contributed by atoms with Gasteiger partial charge >= 0.3 is 12.3 Å². The van der Waals surface area contributed by atoms with Crippen molar-refractivity contribution in [2.45, 2.75) is 20.2 Å². The van der Waals surface area contributed by atoms with Crippen LogP contribution in [0.25, 0.3) is 0 Å². The van der Waals surface area contributed by atoms with E-state index in [0.717, 1.165) is 0 Å². The number of hydrogen-bond donors (Lipinski definition) is 0. The summed E-state index contributed by atoms with van der Waals surface area (Å²) in [6.45, 7) is 3.07. The number of hydrogen-bond acceptors (Lipinski definition) is 3. The lowest BCUT2D eigenvalue weighted by Gasteiger charge is -2.14. The van der Waals surface area contributed by atoms with Crippen LogP contribution in [0.2, 0.25) is 0 Å². The summed E-state index contributed by atoms with van der Waals surface area (Å²) in [5.41, 5.74) is -0.0166. The number of carbonyl (C=O) groups is 1. The minimum atomic E-state index is -4.84. The molecule has 3 nitrogen and oxygen atoms in total. The molecule has 0 unspecified atom stereocenters. The molecule has 0 saturated carbocycles. The number of halogens is 3. The zero-order chi connectivity index (χ0) is 13.1. The molecule has 0 atom stereocenters. The first kappa shape index (κ1) is 13.3. The number of rotatable bonds is 3. The summed E-state index contributed by atoms with van der Waals surface area (Å²) in [5, 5.41) is 0. The highest BCUT2D eigenvalue weighted by Crippen LogP contribution is 2.30. The first-order valence-corrected chi connectivity index (χ1v) is 4.87. The molecular weight excluding hydrogens is 237 g/mol. The molecule has 0 amide bonds. The molecule has 0 aliphatic carbocycles. The molecule has 0 N–H and O–H groups in total. The van der Waals surface area contributed by atoms with Crippen LogP contribution in [0.1, 0.15) is 22.8 Å². The Balaban J connectivity index is 3.13. The normalized spacial score (nSPS) is 11.1. The summed E-state index contributed by atoms with van der Waals surface area (Å²) in [4.78, 5) is 11.4. The first-order chi connectivity index (χ1) is 7.85. The largest absolute Gasteiger partial charge is 0.573 e. The van der Waals surface area contributed by atoms with E-state index >= 15 is 0 Å². The summed E-state index contributed by atoms with van der Waals surface area (Å²) < 4.78 is 45.0. The highest BCUT2D eigenvalue weighted by Gasteiger charge is 2.33. The molecule has 0 spiro atoms. The van der Waals surface area contributed by atoms with E-state index in [1.807, 2.05) is 0 Å². The Morgan fingerprint density at radius 3 is 2.53 bits per heavy atom. The van der Waals surface area contributed by atoms with Crippen molar-refractivity contribution < 1.29 is 27.4 Å². The molecule has 0 saturated heterocycles. The molecule has 1 aromatic carbocycles. The average molecular weight is 248 g/mol. The third-order valence-electron chi connectivity index (χ3n) is 1.93. The van der Waals surface area contributed by atoms with Crippen LogP contribution in [0, 0.1) is 6.92 Å². The van der Waals surface area contributed by atoms with E-state index < -0.39 is 18.1 Å². The number of carbonyl (C=O) groups excluding carboxylic acids is 1. The van der Waals surface area contributed by atoms with E-state index in [1.54, 1.807) is 6.92 Å². The van der Waals surface area contributed by atoms with Gasteiger partial charge in [0.1, 0.15) is 11.3 Å². The lowest BCUT2D eigenvalue weighted by Crippen LogP contribution is -2.20. The van der Waals surface area contributed by atoms with Gasteiger partial charge in [-0.3, -0.25) is 0 Å². The van der Waals surface area contributed by atoms with Crippen molar-refractivity contribution in [3.63, 3.8) is 0 Å². The van der Waals surface area contributed by atoms with Gasteiger partial charge in [0.15, 0.2) is 0 Å². The number of ether oxygens (including phenoxy) is 2. The van der Waals surface area contributed by atoms with Crippen molar-refractivity contribution >= 4 is 5.97 Å². The van der Waals surface area contributed by atoms with Crippen molar-refractivity contribution in [1.29, 1.82) is 0 Å². The fourth-order valence-electron chi connectivity index (χ4n) is 1.27. The molecule has 94 valence electrons. The second-order valence-corrected chi connectivity index (χ2v) is 3.22. The van der Waals surface area contributed by atoms with Crippen molar-refractivity contribution in [3.8, 4) is 5.75 Å². The molecule has 0 radical (unpaired) electrons. The molecule has 0 aliphatic rings.